The summed E-state index contributed by atoms with van der Waals surface area (Å²) in [5, 5.41) is 10.6. The van der Waals surface area contributed by atoms with Crippen molar-refractivity contribution in [3.63, 3.8) is 0 Å². The van der Waals surface area contributed by atoms with Crippen LogP contribution in [-0.4, -0.2) is 16.6 Å². The van der Waals surface area contributed by atoms with Crippen LogP contribution in [0.3, 0.4) is 0 Å². The Bertz CT molecular complexity index is 519. The summed E-state index contributed by atoms with van der Waals surface area (Å²) in [6, 6.07) is 1.07. The van der Waals surface area contributed by atoms with Crippen LogP contribution < -0.4 is 0 Å². The second kappa shape index (κ2) is 5.23. The first-order valence-corrected chi connectivity index (χ1v) is 5.65. The molecule has 4 nitrogen and oxygen atoms in total. The largest absolute Gasteiger partial charge is 0.423 e. The molecule has 0 fully saturated rings. The first kappa shape index (κ1) is 14.9. The summed E-state index contributed by atoms with van der Waals surface area (Å²) in [6.07, 6.45) is -4.88. The average molecular weight is 346 g/mol. The highest BCUT2D eigenvalue weighted by molar-refractivity contribution is 9.10. The van der Waals surface area contributed by atoms with Gasteiger partial charge in [0.1, 0.15) is 5.56 Å². The van der Waals surface area contributed by atoms with E-state index >= 15 is 0 Å². The highest BCUT2D eigenvalue weighted by atomic mass is 79.9. The Morgan fingerprint density at radius 3 is 2.39 bits per heavy atom. The molecule has 0 aliphatic heterocycles. The molecular weight excluding hydrogens is 342 g/mol. The van der Waals surface area contributed by atoms with Crippen LogP contribution in [0.2, 0.25) is 0 Å². The summed E-state index contributed by atoms with van der Waals surface area (Å²) in [5.41, 5.74) is -2.87. The Kier molecular flexibility index (Phi) is 4.33. The standard InChI is InChI=1S/C9H4BrClF3NO3/c10-6-2-5(9(12,13)14)7(15(17)18)1-4(6)8(16)3-11/h1-2H,3H2. The van der Waals surface area contributed by atoms with Crippen molar-refractivity contribution in [3.05, 3.63) is 37.8 Å². The molecule has 0 atom stereocenters. The quantitative estimate of drug-likeness (QED) is 0.362. The van der Waals surface area contributed by atoms with Gasteiger partial charge in [0.2, 0.25) is 0 Å². The van der Waals surface area contributed by atoms with E-state index in [9.17, 15) is 28.1 Å². The molecule has 1 aromatic rings. The Hall–Kier alpha value is -1.15. The fourth-order valence-electron chi connectivity index (χ4n) is 1.23. The smallest absolute Gasteiger partial charge is 0.293 e. The fourth-order valence-corrected chi connectivity index (χ4v) is 1.93. The van der Waals surface area contributed by atoms with Crippen LogP contribution in [-0.2, 0) is 6.18 Å². The first-order valence-electron chi connectivity index (χ1n) is 4.32. The number of halogens is 5. The number of Topliss-reactive ketones (excluding diaryl/α,β-unsaturated/α-hetero) is 1. The molecule has 0 aliphatic carbocycles. The van der Waals surface area contributed by atoms with E-state index in [0.717, 1.165) is 0 Å². The molecule has 0 spiro atoms. The summed E-state index contributed by atoms with van der Waals surface area (Å²) in [5.74, 6) is -1.19. The number of rotatable bonds is 3. The lowest BCUT2D eigenvalue weighted by Gasteiger charge is -2.10. The molecule has 9 heteroatoms. The zero-order valence-corrected chi connectivity index (χ0v) is 10.8. The maximum absolute atomic E-state index is 12.6. The first-order chi connectivity index (χ1) is 8.18. The number of alkyl halides is 4. The lowest BCUT2D eigenvalue weighted by atomic mass is 10.1. The van der Waals surface area contributed by atoms with Crippen LogP contribution in [0.4, 0.5) is 18.9 Å². The number of carbonyl (C=O) groups is 1. The highest BCUT2D eigenvalue weighted by Gasteiger charge is 2.39. The van der Waals surface area contributed by atoms with Crippen molar-refractivity contribution in [1.29, 1.82) is 0 Å². The van der Waals surface area contributed by atoms with E-state index in [4.69, 9.17) is 11.6 Å². The zero-order chi connectivity index (χ0) is 14.1. The molecule has 0 aromatic heterocycles. The molecular formula is C9H4BrClF3NO3. The Labute approximate surface area is 112 Å². The Balaban J connectivity index is 3.54. The summed E-state index contributed by atoms with van der Waals surface area (Å²) < 4.78 is 37.5. The Morgan fingerprint density at radius 2 is 2.00 bits per heavy atom. The van der Waals surface area contributed by atoms with Gasteiger partial charge in [0.05, 0.1) is 10.8 Å². The van der Waals surface area contributed by atoms with Crippen LogP contribution in [0.1, 0.15) is 15.9 Å². The molecule has 18 heavy (non-hydrogen) atoms. The van der Waals surface area contributed by atoms with E-state index in [1.54, 1.807) is 0 Å². The van der Waals surface area contributed by atoms with Gasteiger partial charge in [-0.25, -0.2) is 0 Å². The zero-order valence-electron chi connectivity index (χ0n) is 8.42. The lowest BCUT2D eigenvalue weighted by Crippen LogP contribution is -2.11. The fraction of sp³-hybridized carbons (Fsp3) is 0.222. The molecule has 0 radical (unpaired) electrons. The second-order valence-corrected chi connectivity index (χ2v) is 4.28. The molecule has 0 heterocycles. The molecule has 98 valence electrons. The van der Waals surface area contributed by atoms with Gasteiger partial charge in [-0.2, -0.15) is 13.2 Å². The van der Waals surface area contributed by atoms with Crippen molar-refractivity contribution >= 4 is 39.0 Å². The summed E-state index contributed by atoms with van der Waals surface area (Å²) >= 11 is 8.02. The van der Waals surface area contributed by atoms with Crippen molar-refractivity contribution in [2.24, 2.45) is 0 Å². The number of ketones is 1. The maximum atomic E-state index is 12.6. The third-order valence-corrected chi connectivity index (χ3v) is 2.91. The third kappa shape index (κ3) is 2.99. The van der Waals surface area contributed by atoms with Crippen molar-refractivity contribution < 1.29 is 22.9 Å². The summed E-state index contributed by atoms with van der Waals surface area (Å²) in [6.45, 7) is 0. The highest BCUT2D eigenvalue weighted by Crippen LogP contribution is 2.39. The van der Waals surface area contributed by atoms with Crippen LogP contribution in [0.15, 0.2) is 16.6 Å². The molecule has 0 saturated heterocycles. The van der Waals surface area contributed by atoms with Gasteiger partial charge in [-0.1, -0.05) is 15.9 Å². The van der Waals surface area contributed by atoms with Gasteiger partial charge in [-0.15, -0.1) is 11.6 Å². The molecule has 0 unspecified atom stereocenters. The van der Waals surface area contributed by atoms with Gasteiger partial charge in [0.25, 0.3) is 5.69 Å². The van der Waals surface area contributed by atoms with E-state index in [1.807, 2.05) is 0 Å². The van der Waals surface area contributed by atoms with Crippen LogP contribution in [0, 0.1) is 10.1 Å². The topological polar surface area (TPSA) is 60.2 Å². The minimum absolute atomic E-state index is 0.189. The van der Waals surface area contributed by atoms with Crippen molar-refractivity contribution in [2.45, 2.75) is 6.18 Å². The number of nitro benzene ring substituents is 1. The molecule has 1 rings (SSSR count). The second-order valence-electron chi connectivity index (χ2n) is 3.16. The SMILES string of the molecule is O=C(CCl)c1cc([N+](=O)[O-])c(C(F)(F)F)cc1Br. The third-order valence-electron chi connectivity index (χ3n) is 2.01. The van der Waals surface area contributed by atoms with Gasteiger partial charge >= 0.3 is 6.18 Å². The number of hydrogen-bond acceptors (Lipinski definition) is 3. The van der Waals surface area contributed by atoms with Gasteiger partial charge in [-0.05, 0) is 6.07 Å². The number of nitrogens with zero attached hydrogens (tertiary/aromatic N) is 1. The van der Waals surface area contributed by atoms with Gasteiger partial charge < -0.3 is 0 Å². The minimum Gasteiger partial charge on any atom is -0.293 e. The summed E-state index contributed by atoms with van der Waals surface area (Å²) in [7, 11) is 0. The van der Waals surface area contributed by atoms with E-state index < -0.39 is 34.0 Å². The number of hydrogen-bond donors (Lipinski definition) is 0. The van der Waals surface area contributed by atoms with Crippen molar-refractivity contribution in [3.8, 4) is 0 Å². The predicted octanol–water partition coefficient (Wildman–Crippen LogP) is 3.80. The van der Waals surface area contributed by atoms with Crippen molar-refractivity contribution in [1.82, 2.24) is 0 Å². The predicted molar refractivity (Wildman–Crippen MR) is 60.8 cm³/mol. The maximum Gasteiger partial charge on any atom is 0.423 e. The normalized spacial score (nSPS) is 11.4. The van der Waals surface area contributed by atoms with Crippen LogP contribution in [0.5, 0.6) is 0 Å². The summed E-state index contributed by atoms with van der Waals surface area (Å²) in [4.78, 5) is 20.7. The van der Waals surface area contributed by atoms with Gasteiger partial charge in [0, 0.05) is 16.1 Å². The minimum atomic E-state index is -4.88. The van der Waals surface area contributed by atoms with Gasteiger partial charge in [-0.3, -0.25) is 14.9 Å². The van der Waals surface area contributed by atoms with Crippen LogP contribution >= 0.6 is 27.5 Å². The lowest BCUT2D eigenvalue weighted by molar-refractivity contribution is -0.388. The van der Waals surface area contributed by atoms with E-state index in [1.165, 1.54) is 0 Å². The monoisotopic (exact) mass is 345 g/mol. The number of benzene rings is 1. The van der Waals surface area contributed by atoms with Gasteiger partial charge in [0.15, 0.2) is 5.78 Å². The van der Waals surface area contributed by atoms with E-state index in [2.05, 4.69) is 15.9 Å². The van der Waals surface area contributed by atoms with Crippen LogP contribution in [0.25, 0.3) is 0 Å². The average Bonchev–Trinajstić information content (AvgIpc) is 2.26. The molecule has 0 saturated carbocycles. The number of carbonyl (C=O) groups excluding carboxylic acids is 1. The Morgan fingerprint density at radius 1 is 1.44 bits per heavy atom. The molecule has 1 aromatic carbocycles. The molecule has 0 aliphatic rings. The molecule has 0 amide bonds. The number of nitro groups is 1. The van der Waals surface area contributed by atoms with E-state index in [0.29, 0.717) is 12.1 Å². The molecule has 0 bridgehead atoms. The molecule has 0 N–H and O–H groups in total. The van der Waals surface area contributed by atoms with E-state index in [-0.39, 0.29) is 10.0 Å². The van der Waals surface area contributed by atoms with Crippen molar-refractivity contribution in [2.75, 3.05) is 5.88 Å².